The maximum Gasteiger partial charge on any atom is 0.323 e. The highest BCUT2D eigenvalue weighted by molar-refractivity contribution is 5.79. The molecule has 0 aromatic heterocycles. The number of carboxylic acids is 1. The molecule has 1 fully saturated rings. The molecule has 0 bridgehead atoms. The van der Waals surface area contributed by atoms with E-state index in [-0.39, 0.29) is 0 Å². The topological polar surface area (TPSA) is 49.3 Å². The van der Waals surface area contributed by atoms with Crippen LogP contribution in [0.4, 0.5) is 0 Å². The van der Waals surface area contributed by atoms with Gasteiger partial charge < -0.3 is 5.11 Å². The molecule has 18 heavy (non-hydrogen) atoms. The Morgan fingerprint density at radius 2 is 2.17 bits per heavy atom. The summed E-state index contributed by atoms with van der Waals surface area (Å²) in [5, 5.41) is 12.8. The second kappa shape index (κ2) is 5.53. The van der Waals surface area contributed by atoms with Crippen LogP contribution in [0.5, 0.6) is 0 Å². The smallest absolute Gasteiger partial charge is 0.323 e. The van der Waals surface area contributed by atoms with Crippen LogP contribution in [0.15, 0.2) is 30.3 Å². The van der Waals surface area contributed by atoms with Gasteiger partial charge in [0.25, 0.3) is 0 Å². The van der Waals surface area contributed by atoms with Crippen molar-refractivity contribution < 1.29 is 9.90 Å². The Balaban J connectivity index is 2.05. The number of carbonyl (C=O) groups is 1. The lowest BCUT2D eigenvalue weighted by Gasteiger charge is -2.37. The molecule has 3 heteroatoms. The molecule has 1 aliphatic rings. The second-order valence-corrected chi connectivity index (χ2v) is 5.43. The fraction of sp³-hybridized carbons (Fsp3) is 0.533. The molecule has 3 nitrogen and oxygen atoms in total. The first kappa shape index (κ1) is 13.1. The summed E-state index contributed by atoms with van der Waals surface area (Å²) in [5.74, 6) is -0.219. The SMILES string of the molecule is CC1CCCC(NCc2ccccc2)(C(=O)O)C1. The van der Waals surface area contributed by atoms with Crippen molar-refractivity contribution in [1.29, 1.82) is 0 Å². The molecule has 0 saturated heterocycles. The maximum absolute atomic E-state index is 11.6. The van der Waals surface area contributed by atoms with Crippen LogP contribution in [0.25, 0.3) is 0 Å². The summed E-state index contributed by atoms with van der Waals surface area (Å²) in [6.07, 6.45) is 3.60. The number of hydrogen-bond acceptors (Lipinski definition) is 2. The van der Waals surface area contributed by atoms with Crippen LogP contribution < -0.4 is 5.32 Å². The molecule has 1 saturated carbocycles. The average Bonchev–Trinajstić information content (AvgIpc) is 2.37. The summed E-state index contributed by atoms with van der Waals surface area (Å²) in [5.41, 5.74) is 0.407. The Kier molecular flexibility index (Phi) is 4.02. The molecule has 0 amide bonds. The highest BCUT2D eigenvalue weighted by Gasteiger charge is 2.41. The van der Waals surface area contributed by atoms with Crippen molar-refractivity contribution >= 4 is 5.97 Å². The molecular formula is C15H21NO2. The van der Waals surface area contributed by atoms with Crippen molar-refractivity contribution in [3.63, 3.8) is 0 Å². The quantitative estimate of drug-likeness (QED) is 0.860. The van der Waals surface area contributed by atoms with Gasteiger partial charge in [-0.05, 0) is 24.3 Å². The van der Waals surface area contributed by atoms with E-state index in [4.69, 9.17) is 0 Å². The van der Waals surface area contributed by atoms with Crippen molar-refractivity contribution in [2.45, 2.75) is 44.7 Å². The lowest BCUT2D eigenvalue weighted by atomic mass is 9.76. The molecule has 2 unspecified atom stereocenters. The lowest BCUT2D eigenvalue weighted by molar-refractivity contribution is -0.147. The van der Waals surface area contributed by atoms with Gasteiger partial charge in [0, 0.05) is 6.54 Å². The van der Waals surface area contributed by atoms with E-state index in [9.17, 15) is 9.90 Å². The van der Waals surface area contributed by atoms with Gasteiger partial charge in [-0.3, -0.25) is 10.1 Å². The monoisotopic (exact) mass is 247 g/mol. The van der Waals surface area contributed by atoms with Crippen LogP contribution in [0.3, 0.4) is 0 Å². The molecule has 1 aromatic rings. The third-order valence-electron chi connectivity index (χ3n) is 3.88. The fourth-order valence-corrected chi connectivity index (χ4v) is 2.85. The second-order valence-electron chi connectivity index (χ2n) is 5.43. The Labute approximate surface area is 108 Å². The van der Waals surface area contributed by atoms with Crippen LogP contribution in [0.1, 0.15) is 38.2 Å². The van der Waals surface area contributed by atoms with Gasteiger partial charge in [0.1, 0.15) is 5.54 Å². The molecule has 2 rings (SSSR count). The molecule has 2 N–H and O–H groups in total. The predicted octanol–water partition coefficient (Wildman–Crippen LogP) is 2.81. The van der Waals surface area contributed by atoms with Crippen LogP contribution in [0, 0.1) is 5.92 Å². The first-order valence-corrected chi connectivity index (χ1v) is 6.65. The first-order chi connectivity index (χ1) is 8.62. The van der Waals surface area contributed by atoms with Gasteiger partial charge in [0.05, 0.1) is 0 Å². The summed E-state index contributed by atoms with van der Waals surface area (Å²) >= 11 is 0. The zero-order chi connectivity index (χ0) is 13.0. The third kappa shape index (κ3) is 2.91. The summed E-state index contributed by atoms with van der Waals surface area (Å²) < 4.78 is 0. The van der Waals surface area contributed by atoms with Crippen molar-refractivity contribution in [3.8, 4) is 0 Å². The van der Waals surface area contributed by atoms with E-state index in [1.807, 2.05) is 30.3 Å². The highest BCUT2D eigenvalue weighted by Crippen LogP contribution is 2.32. The number of aliphatic carboxylic acids is 1. The number of hydrogen-bond donors (Lipinski definition) is 2. The van der Waals surface area contributed by atoms with Crippen LogP contribution >= 0.6 is 0 Å². The molecule has 0 heterocycles. The largest absolute Gasteiger partial charge is 0.480 e. The molecule has 1 aliphatic carbocycles. The molecular weight excluding hydrogens is 226 g/mol. The molecule has 1 aromatic carbocycles. The third-order valence-corrected chi connectivity index (χ3v) is 3.88. The van der Waals surface area contributed by atoms with Gasteiger partial charge in [-0.2, -0.15) is 0 Å². The first-order valence-electron chi connectivity index (χ1n) is 6.65. The Bertz CT molecular complexity index is 404. The molecule has 0 spiro atoms. The number of benzene rings is 1. The van der Waals surface area contributed by atoms with Crippen molar-refractivity contribution in [3.05, 3.63) is 35.9 Å². The van der Waals surface area contributed by atoms with Crippen LogP contribution in [0.2, 0.25) is 0 Å². The minimum atomic E-state index is -0.729. The van der Waals surface area contributed by atoms with Gasteiger partial charge in [0.2, 0.25) is 0 Å². The van der Waals surface area contributed by atoms with Crippen molar-refractivity contribution in [2.75, 3.05) is 0 Å². The van der Waals surface area contributed by atoms with Crippen molar-refractivity contribution in [2.24, 2.45) is 5.92 Å². The van der Waals surface area contributed by atoms with Gasteiger partial charge >= 0.3 is 5.97 Å². The Hall–Kier alpha value is -1.35. The van der Waals surface area contributed by atoms with Crippen LogP contribution in [-0.4, -0.2) is 16.6 Å². The standard InChI is InChI=1S/C15H21NO2/c1-12-6-5-9-15(10-12,14(17)18)16-11-13-7-3-2-4-8-13/h2-4,7-8,12,16H,5-6,9-11H2,1H3,(H,17,18). The van der Waals surface area contributed by atoms with Crippen LogP contribution in [-0.2, 0) is 11.3 Å². The van der Waals surface area contributed by atoms with E-state index in [2.05, 4.69) is 12.2 Å². The van der Waals surface area contributed by atoms with E-state index < -0.39 is 11.5 Å². The zero-order valence-corrected chi connectivity index (χ0v) is 10.9. The molecule has 0 radical (unpaired) electrons. The normalized spacial score (nSPS) is 27.9. The summed E-state index contributed by atoms with van der Waals surface area (Å²) in [6, 6.07) is 9.98. The van der Waals surface area contributed by atoms with Gasteiger partial charge in [0.15, 0.2) is 0 Å². The predicted molar refractivity (Wildman–Crippen MR) is 71.3 cm³/mol. The summed E-state index contributed by atoms with van der Waals surface area (Å²) in [6.45, 7) is 2.76. The van der Waals surface area contributed by atoms with E-state index in [0.717, 1.165) is 31.2 Å². The Morgan fingerprint density at radius 1 is 1.44 bits per heavy atom. The summed E-state index contributed by atoms with van der Waals surface area (Å²) in [4.78, 5) is 11.6. The van der Waals surface area contributed by atoms with E-state index >= 15 is 0 Å². The van der Waals surface area contributed by atoms with E-state index in [1.165, 1.54) is 0 Å². The van der Waals surface area contributed by atoms with E-state index in [1.54, 1.807) is 0 Å². The number of nitrogens with one attached hydrogen (secondary N) is 1. The molecule has 2 atom stereocenters. The maximum atomic E-state index is 11.6. The number of carboxylic acid groups (broad SMARTS) is 1. The number of rotatable bonds is 4. The zero-order valence-electron chi connectivity index (χ0n) is 10.9. The molecule has 0 aliphatic heterocycles. The fourth-order valence-electron chi connectivity index (χ4n) is 2.85. The lowest BCUT2D eigenvalue weighted by Crippen LogP contribution is -2.54. The van der Waals surface area contributed by atoms with Crippen molar-refractivity contribution in [1.82, 2.24) is 5.32 Å². The van der Waals surface area contributed by atoms with Gasteiger partial charge in [-0.1, -0.05) is 50.1 Å². The minimum absolute atomic E-state index is 0.484. The van der Waals surface area contributed by atoms with Gasteiger partial charge in [-0.25, -0.2) is 0 Å². The summed E-state index contributed by atoms with van der Waals surface area (Å²) in [7, 11) is 0. The average molecular weight is 247 g/mol. The van der Waals surface area contributed by atoms with E-state index in [0.29, 0.717) is 12.5 Å². The molecule has 98 valence electrons. The highest BCUT2D eigenvalue weighted by atomic mass is 16.4. The minimum Gasteiger partial charge on any atom is -0.480 e. The van der Waals surface area contributed by atoms with Gasteiger partial charge in [-0.15, -0.1) is 0 Å². The Morgan fingerprint density at radius 3 is 2.78 bits per heavy atom.